The van der Waals surface area contributed by atoms with Gasteiger partial charge in [0.1, 0.15) is 12.1 Å². The third-order valence-corrected chi connectivity index (χ3v) is 4.45. The van der Waals surface area contributed by atoms with Gasteiger partial charge in [0.05, 0.1) is 12.4 Å². The summed E-state index contributed by atoms with van der Waals surface area (Å²) in [6, 6.07) is -2.93. The number of carboxylic acid groups (broad SMARTS) is 1. The van der Waals surface area contributed by atoms with E-state index < -0.39 is 41.8 Å². The van der Waals surface area contributed by atoms with Gasteiger partial charge in [0.2, 0.25) is 17.7 Å². The Morgan fingerprint density at radius 3 is 2.74 bits per heavy atom. The molecule has 0 saturated carbocycles. The number of aromatic nitrogens is 2. The van der Waals surface area contributed by atoms with Crippen molar-refractivity contribution >= 4 is 23.7 Å². The molecule has 7 N–H and O–H groups in total. The number of carbonyl (C=O) groups is 4. The van der Waals surface area contributed by atoms with E-state index in [-0.39, 0.29) is 19.3 Å². The van der Waals surface area contributed by atoms with Crippen LogP contribution in [0.2, 0.25) is 0 Å². The molecule has 0 radical (unpaired) electrons. The molecule has 2 heterocycles. The fourth-order valence-electron chi connectivity index (χ4n) is 3.01. The highest BCUT2D eigenvalue weighted by atomic mass is 16.4. The van der Waals surface area contributed by atoms with Crippen LogP contribution in [0.1, 0.15) is 31.4 Å². The first-order chi connectivity index (χ1) is 12.8. The van der Waals surface area contributed by atoms with Crippen molar-refractivity contribution in [1.29, 1.82) is 0 Å². The molecule has 3 atom stereocenters. The van der Waals surface area contributed by atoms with Crippen LogP contribution in [0.3, 0.4) is 0 Å². The third kappa shape index (κ3) is 5.51. The number of rotatable bonds is 9. The number of nitrogens with two attached hydrogens (primary N) is 2. The molecule has 11 heteroatoms. The van der Waals surface area contributed by atoms with Crippen molar-refractivity contribution in [3.63, 3.8) is 0 Å². The molecule has 1 aromatic rings. The molecule has 1 saturated heterocycles. The molecule has 148 valence electrons. The molecule has 0 spiro atoms. The molecule has 11 nitrogen and oxygen atoms in total. The smallest absolute Gasteiger partial charge is 0.326 e. The van der Waals surface area contributed by atoms with Crippen molar-refractivity contribution in [3.8, 4) is 0 Å². The number of aliphatic carboxylic acids is 1. The molecule has 0 bridgehead atoms. The van der Waals surface area contributed by atoms with Crippen LogP contribution in [0, 0.1) is 0 Å². The third-order valence-electron chi connectivity index (χ3n) is 4.45. The zero-order valence-corrected chi connectivity index (χ0v) is 14.8. The van der Waals surface area contributed by atoms with Crippen LogP contribution in [0.4, 0.5) is 0 Å². The van der Waals surface area contributed by atoms with E-state index in [1.807, 2.05) is 0 Å². The topological polar surface area (TPSA) is 184 Å². The van der Waals surface area contributed by atoms with Crippen LogP contribution in [0.25, 0.3) is 0 Å². The summed E-state index contributed by atoms with van der Waals surface area (Å²) in [7, 11) is 0. The number of hydrogen-bond donors (Lipinski definition) is 5. The van der Waals surface area contributed by atoms with Crippen LogP contribution < -0.4 is 16.8 Å². The molecule has 0 aliphatic carbocycles. The van der Waals surface area contributed by atoms with Crippen LogP contribution in [0.15, 0.2) is 12.5 Å². The molecule has 0 aromatic carbocycles. The lowest BCUT2D eigenvalue weighted by Gasteiger charge is -2.27. The van der Waals surface area contributed by atoms with E-state index in [1.165, 1.54) is 17.4 Å². The van der Waals surface area contributed by atoms with E-state index in [1.54, 1.807) is 0 Å². The van der Waals surface area contributed by atoms with Crippen molar-refractivity contribution < 1.29 is 24.3 Å². The Balaban J connectivity index is 2.11. The minimum Gasteiger partial charge on any atom is -0.480 e. The first-order valence-corrected chi connectivity index (χ1v) is 8.64. The van der Waals surface area contributed by atoms with E-state index in [4.69, 9.17) is 11.5 Å². The maximum absolute atomic E-state index is 12.9. The lowest BCUT2D eigenvalue weighted by atomic mass is 10.1. The number of likely N-dealkylation sites (tertiary alicyclic amines) is 1. The van der Waals surface area contributed by atoms with Crippen molar-refractivity contribution in [2.75, 3.05) is 6.54 Å². The fourth-order valence-corrected chi connectivity index (χ4v) is 3.01. The number of nitrogens with one attached hydrogen (secondary N) is 2. The van der Waals surface area contributed by atoms with Crippen molar-refractivity contribution in [3.05, 3.63) is 18.2 Å². The zero-order valence-electron chi connectivity index (χ0n) is 14.8. The molecule has 1 aliphatic heterocycles. The predicted molar refractivity (Wildman–Crippen MR) is 93.0 cm³/mol. The van der Waals surface area contributed by atoms with Crippen LogP contribution >= 0.6 is 0 Å². The average molecular weight is 380 g/mol. The number of carboxylic acids is 1. The number of carbonyl (C=O) groups excluding carboxylic acids is 3. The van der Waals surface area contributed by atoms with E-state index >= 15 is 0 Å². The van der Waals surface area contributed by atoms with Gasteiger partial charge in [-0.3, -0.25) is 14.4 Å². The average Bonchev–Trinajstić information content (AvgIpc) is 3.29. The van der Waals surface area contributed by atoms with E-state index in [9.17, 15) is 24.3 Å². The molecular weight excluding hydrogens is 356 g/mol. The molecule has 1 aliphatic rings. The molecule has 0 unspecified atom stereocenters. The van der Waals surface area contributed by atoms with Gasteiger partial charge in [-0.05, 0) is 19.3 Å². The molecule has 1 aromatic heterocycles. The van der Waals surface area contributed by atoms with Gasteiger partial charge in [-0.25, -0.2) is 9.78 Å². The number of hydrogen-bond acceptors (Lipinski definition) is 6. The van der Waals surface area contributed by atoms with Crippen LogP contribution in [0.5, 0.6) is 0 Å². The van der Waals surface area contributed by atoms with Crippen molar-refractivity contribution in [2.24, 2.45) is 11.5 Å². The second-order valence-electron chi connectivity index (χ2n) is 6.48. The van der Waals surface area contributed by atoms with Gasteiger partial charge >= 0.3 is 5.97 Å². The normalized spacial score (nSPS) is 18.7. The summed E-state index contributed by atoms with van der Waals surface area (Å²) < 4.78 is 0. The lowest BCUT2D eigenvalue weighted by molar-refractivity contribution is -0.149. The summed E-state index contributed by atoms with van der Waals surface area (Å²) in [5, 5.41) is 11.9. The highest BCUT2D eigenvalue weighted by Gasteiger charge is 2.38. The van der Waals surface area contributed by atoms with E-state index in [0.717, 1.165) is 0 Å². The standard InChI is InChI=1S/C16H24N6O5/c17-10(3-4-13(18)23)14(24)21-11(6-9-7-19-8-20-9)15(25)22-5-1-2-12(22)16(26)27/h7-8,10-12H,1-6,17H2,(H2,18,23)(H,19,20)(H,21,24)(H,26,27)/t10-,11-,12+/m0/s1. The highest BCUT2D eigenvalue weighted by Crippen LogP contribution is 2.19. The van der Waals surface area contributed by atoms with Crippen LogP contribution in [-0.4, -0.2) is 68.3 Å². The molecular formula is C16H24N6O5. The number of imidazole rings is 1. The monoisotopic (exact) mass is 380 g/mol. The zero-order chi connectivity index (χ0) is 20.0. The van der Waals surface area contributed by atoms with Gasteiger partial charge in [0.25, 0.3) is 0 Å². The van der Waals surface area contributed by atoms with Gasteiger partial charge in [-0.2, -0.15) is 0 Å². The summed E-state index contributed by atoms with van der Waals surface area (Å²) >= 11 is 0. The summed E-state index contributed by atoms with van der Waals surface area (Å²) in [4.78, 5) is 55.4. The first-order valence-electron chi connectivity index (χ1n) is 8.64. The quantitative estimate of drug-likeness (QED) is 0.331. The summed E-state index contributed by atoms with van der Waals surface area (Å²) in [6.45, 7) is 0.304. The number of H-pyrrole nitrogens is 1. The minimum atomic E-state index is -1.08. The maximum Gasteiger partial charge on any atom is 0.326 e. The Labute approximate surface area is 155 Å². The molecule has 3 amide bonds. The SMILES string of the molecule is NC(=O)CC[C@H](N)C(=O)N[C@@H](Cc1cnc[nH]1)C(=O)N1CCC[C@@H]1C(=O)O. The molecule has 27 heavy (non-hydrogen) atoms. The van der Waals surface area contributed by atoms with Crippen molar-refractivity contribution in [1.82, 2.24) is 20.2 Å². The second kappa shape index (κ2) is 9.12. The van der Waals surface area contributed by atoms with Crippen LogP contribution in [-0.2, 0) is 25.6 Å². The van der Waals surface area contributed by atoms with E-state index in [2.05, 4.69) is 15.3 Å². The van der Waals surface area contributed by atoms with Gasteiger partial charge in [0, 0.05) is 31.3 Å². The molecule has 1 fully saturated rings. The van der Waals surface area contributed by atoms with E-state index in [0.29, 0.717) is 25.1 Å². The second-order valence-corrected chi connectivity index (χ2v) is 6.48. The number of nitrogens with zero attached hydrogens (tertiary/aromatic N) is 2. The first kappa shape index (κ1) is 20.4. The number of amides is 3. The molecule has 2 rings (SSSR count). The van der Waals surface area contributed by atoms with Gasteiger partial charge in [0.15, 0.2) is 0 Å². The Morgan fingerprint density at radius 1 is 1.41 bits per heavy atom. The fraction of sp³-hybridized carbons (Fsp3) is 0.562. The largest absolute Gasteiger partial charge is 0.480 e. The number of aromatic amines is 1. The summed E-state index contributed by atoms with van der Waals surface area (Å²) in [5.41, 5.74) is 11.4. The van der Waals surface area contributed by atoms with Gasteiger partial charge in [-0.15, -0.1) is 0 Å². The Kier molecular flexibility index (Phi) is 6.88. The van der Waals surface area contributed by atoms with Gasteiger partial charge in [-0.1, -0.05) is 0 Å². The highest BCUT2D eigenvalue weighted by molar-refractivity contribution is 5.92. The van der Waals surface area contributed by atoms with Crippen molar-refractivity contribution in [2.45, 2.75) is 50.2 Å². The maximum atomic E-state index is 12.9. The summed E-state index contributed by atoms with van der Waals surface area (Å²) in [5.74, 6) is -2.76. The Morgan fingerprint density at radius 2 is 2.15 bits per heavy atom. The Hall–Kier alpha value is -2.95. The predicted octanol–water partition coefficient (Wildman–Crippen LogP) is -1.89. The minimum absolute atomic E-state index is 0.0492. The lowest BCUT2D eigenvalue weighted by Crippen LogP contribution is -2.55. The van der Waals surface area contributed by atoms with Gasteiger partial charge < -0.3 is 31.8 Å². The Bertz CT molecular complexity index is 691. The summed E-state index contributed by atoms with van der Waals surface area (Å²) in [6.07, 6.45) is 3.99. The number of primary amides is 1.